The number of hydrogen-bond acceptors (Lipinski definition) is 4. The molecule has 1 atom stereocenters. The lowest BCUT2D eigenvalue weighted by atomic mass is 10.1. The number of carbonyl (C=O) groups excluding carboxylic acids is 2. The second-order valence-corrected chi connectivity index (χ2v) is 8.02. The highest BCUT2D eigenvalue weighted by Crippen LogP contribution is 2.40. The average molecular weight is 468 g/mol. The fraction of sp³-hybridized carbons (Fsp3) is 0.200. The fourth-order valence-electron chi connectivity index (χ4n) is 4.28. The lowest BCUT2D eigenvalue weighted by molar-refractivity contribution is -0.137. The standard InChI is InChI=1S/C25H19F3N2O4/c1-33-22-12-18-16-7-2-3-8-20(16)34-21(18)13-19(22)30-10-9-17(24(30)32)23(31)29-15-6-4-5-14(11-15)25(26,27)28/h2-8,11-13,17H,9-10H2,1H3,(H,29,31)/t17-/m1/s1. The maximum atomic E-state index is 13.1. The Labute approximate surface area is 191 Å². The van der Waals surface area contributed by atoms with Crippen molar-refractivity contribution < 1.29 is 31.9 Å². The molecule has 0 saturated carbocycles. The second kappa shape index (κ2) is 8.09. The smallest absolute Gasteiger partial charge is 0.416 e. The number of rotatable bonds is 4. The van der Waals surface area contributed by atoms with Crippen LogP contribution in [0.25, 0.3) is 21.9 Å². The van der Waals surface area contributed by atoms with Crippen LogP contribution >= 0.6 is 0 Å². The number of carbonyl (C=O) groups is 2. The van der Waals surface area contributed by atoms with Crippen molar-refractivity contribution >= 4 is 45.1 Å². The van der Waals surface area contributed by atoms with Crippen LogP contribution in [-0.2, 0) is 15.8 Å². The molecule has 1 aliphatic rings. The summed E-state index contributed by atoms with van der Waals surface area (Å²) < 4.78 is 50.3. The molecule has 5 rings (SSSR count). The van der Waals surface area contributed by atoms with Crippen molar-refractivity contribution in [1.82, 2.24) is 0 Å². The molecule has 1 fully saturated rings. The number of halogens is 3. The third-order valence-corrected chi connectivity index (χ3v) is 5.95. The Bertz CT molecular complexity index is 1430. The first kappa shape index (κ1) is 21.8. The van der Waals surface area contributed by atoms with Crippen molar-refractivity contribution in [3.8, 4) is 5.75 Å². The summed E-state index contributed by atoms with van der Waals surface area (Å²) in [5.74, 6) is -1.70. The number of benzene rings is 3. The topological polar surface area (TPSA) is 71.8 Å². The summed E-state index contributed by atoms with van der Waals surface area (Å²) in [7, 11) is 1.49. The first-order valence-corrected chi connectivity index (χ1v) is 10.5. The molecule has 4 aromatic rings. The number of amides is 2. The van der Waals surface area contributed by atoms with Crippen molar-refractivity contribution in [2.24, 2.45) is 5.92 Å². The SMILES string of the molecule is COc1cc2c(cc1N1CC[C@H](C(=O)Nc3cccc(C(F)(F)F)c3)C1=O)oc1ccccc12. The van der Waals surface area contributed by atoms with Gasteiger partial charge in [0.15, 0.2) is 0 Å². The largest absolute Gasteiger partial charge is 0.495 e. The molecule has 9 heteroatoms. The van der Waals surface area contributed by atoms with E-state index in [2.05, 4.69) is 5.32 Å². The molecule has 0 spiro atoms. The molecule has 1 aliphatic heterocycles. The van der Waals surface area contributed by atoms with E-state index in [1.165, 1.54) is 24.1 Å². The minimum absolute atomic E-state index is 0.0210. The highest BCUT2D eigenvalue weighted by molar-refractivity contribution is 6.15. The maximum absolute atomic E-state index is 13.1. The molecule has 2 heterocycles. The number of ether oxygens (including phenoxy) is 1. The number of alkyl halides is 3. The number of nitrogens with one attached hydrogen (secondary N) is 1. The van der Waals surface area contributed by atoms with Crippen LogP contribution in [0.1, 0.15) is 12.0 Å². The molecular weight excluding hydrogens is 449 g/mol. The van der Waals surface area contributed by atoms with E-state index in [4.69, 9.17) is 9.15 Å². The zero-order chi connectivity index (χ0) is 24.0. The molecule has 6 nitrogen and oxygen atoms in total. The molecule has 2 amide bonds. The second-order valence-electron chi connectivity index (χ2n) is 8.02. The van der Waals surface area contributed by atoms with E-state index < -0.39 is 29.5 Å². The van der Waals surface area contributed by atoms with E-state index in [9.17, 15) is 22.8 Å². The van der Waals surface area contributed by atoms with Gasteiger partial charge in [-0.3, -0.25) is 9.59 Å². The van der Waals surface area contributed by atoms with Crippen molar-refractivity contribution in [1.29, 1.82) is 0 Å². The van der Waals surface area contributed by atoms with Gasteiger partial charge in [0.25, 0.3) is 0 Å². The molecule has 174 valence electrons. The minimum atomic E-state index is -4.54. The molecule has 0 aliphatic carbocycles. The zero-order valence-electron chi connectivity index (χ0n) is 18.0. The third-order valence-electron chi connectivity index (χ3n) is 5.95. The van der Waals surface area contributed by atoms with E-state index in [1.807, 2.05) is 24.3 Å². The predicted octanol–water partition coefficient (Wildman–Crippen LogP) is 5.61. The number of hydrogen-bond donors (Lipinski definition) is 1. The van der Waals surface area contributed by atoms with Crippen molar-refractivity contribution in [2.45, 2.75) is 12.6 Å². The molecule has 0 bridgehead atoms. The van der Waals surface area contributed by atoms with Crippen molar-refractivity contribution in [2.75, 3.05) is 23.9 Å². The number of furan rings is 1. The van der Waals surface area contributed by atoms with E-state index in [1.54, 1.807) is 12.1 Å². The van der Waals surface area contributed by atoms with Crippen molar-refractivity contribution in [3.63, 3.8) is 0 Å². The minimum Gasteiger partial charge on any atom is -0.495 e. The van der Waals surface area contributed by atoms with Crippen LogP contribution in [0, 0.1) is 5.92 Å². The molecule has 34 heavy (non-hydrogen) atoms. The predicted molar refractivity (Wildman–Crippen MR) is 121 cm³/mol. The Morgan fingerprint density at radius 2 is 1.85 bits per heavy atom. The normalized spacial score (nSPS) is 16.4. The Morgan fingerprint density at radius 3 is 2.62 bits per heavy atom. The van der Waals surface area contributed by atoms with E-state index in [0.29, 0.717) is 22.6 Å². The van der Waals surface area contributed by atoms with Gasteiger partial charge < -0.3 is 19.4 Å². The van der Waals surface area contributed by atoms with Gasteiger partial charge in [-0.1, -0.05) is 24.3 Å². The van der Waals surface area contributed by atoms with Gasteiger partial charge in [0.05, 0.1) is 18.4 Å². The number of fused-ring (bicyclic) bond motifs is 3. The van der Waals surface area contributed by atoms with E-state index in [-0.39, 0.29) is 18.7 Å². The van der Waals surface area contributed by atoms with Crippen LogP contribution in [-0.4, -0.2) is 25.5 Å². The van der Waals surface area contributed by atoms with Crippen LogP contribution in [0.15, 0.2) is 65.1 Å². The molecule has 3 aromatic carbocycles. The highest BCUT2D eigenvalue weighted by Gasteiger charge is 2.39. The van der Waals surface area contributed by atoms with Gasteiger partial charge in [-0.05, 0) is 36.8 Å². The fourth-order valence-corrected chi connectivity index (χ4v) is 4.28. The summed E-state index contributed by atoms with van der Waals surface area (Å²) in [5.41, 5.74) is 0.832. The maximum Gasteiger partial charge on any atom is 0.416 e. The van der Waals surface area contributed by atoms with E-state index in [0.717, 1.165) is 22.9 Å². The Hall–Kier alpha value is -4.01. The summed E-state index contributed by atoms with van der Waals surface area (Å²) in [6.45, 7) is 0.252. The first-order valence-electron chi connectivity index (χ1n) is 10.5. The number of para-hydroxylation sites is 1. The number of anilines is 2. The van der Waals surface area contributed by atoms with Gasteiger partial charge in [0.2, 0.25) is 11.8 Å². The molecule has 0 radical (unpaired) electrons. The average Bonchev–Trinajstić information content (AvgIpc) is 3.37. The Morgan fingerprint density at radius 1 is 1.06 bits per heavy atom. The monoisotopic (exact) mass is 468 g/mol. The summed E-state index contributed by atoms with van der Waals surface area (Å²) >= 11 is 0. The summed E-state index contributed by atoms with van der Waals surface area (Å²) in [6.07, 6.45) is -4.32. The van der Waals surface area contributed by atoms with E-state index >= 15 is 0 Å². The molecule has 1 N–H and O–H groups in total. The quantitative estimate of drug-likeness (QED) is 0.396. The summed E-state index contributed by atoms with van der Waals surface area (Å²) in [5, 5.41) is 4.18. The van der Waals surface area contributed by atoms with Gasteiger partial charge in [0.1, 0.15) is 22.8 Å². The Balaban J connectivity index is 1.41. The van der Waals surface area contributed by atoms with Crippen molar-refractivity contribution in [3.05, 3.63) is 66.2 Å². The van der Waals surface area contributed by atoms with Crippen LogP contribution in [0.4, 0.5) is 24.5 Å². The van der Waals surface area contributed by atoms with Gasteiger partial charge in [0, 0.05) is 29.1 Å². The highest BCUT2D eigenvalue weighted by atomic mass is 19.4. The van der Waals surface area contributed by atoms with Crippen LogP contribution in [0.5, 0.6) is 5.75 Å². The number of methoxy groups -OCH3 is 1. The summed E-state index contributed by atoms with van der Waals surface area (Å²) in [6, 6.07) is 15.3. The number of nitrogens with zero attached hydrogens (tertiary/aromatic N) is 1. The summed E-state index contributed by atoms with van der Waals surface area (Å²) in [4.78, 5) is 27.3. The van der Waals surface area contributed by atoms with Crippen LogP contribution < -0.4 is 15.0 Å². The van der Waals surface area contributed by atoms with Gasteiger partial charge >= 0.3 is 6.18 Å². The van der Waals surface area contributed by atoms with Gasteiger partial charge in [-0.2, -0.15) is 13.2 Å². The molecule has 1 aromatic heterocycles. The Kier molecular flexibility index (Phi) is 5.19. The molecule has 0 unspecified atom stereocenters. The third kappa shape index (κ3) is 3.72. The molecular formula is C25H19F3N2O4. The first-order chi connectivity index (χ1) is 16.3. The lowest BCUT2D eigenvalue weighted by Gasteiger charge is -2.19. The zero-order valence-corrected chi connectivity index (χ0v) is 18.0. The van der Waals surface area contributed by atoms with Gasteiger partial charge in [-0.25, -0.2) is 0 Å². The van der Waals surface area contributed by atoms with Crippen LogP contribution in [0.2, 0.25) is 0 Å². The lowest BCUT2D eigenvalue weighted by Crippen LogP contribution is -2.33. The van der Waals surface area contributed by atoms with Crippen LogP contribution in [0.3, 0.4) is 0 Å². The van der Waals surface area contributed by atoms with Gasteiger partial charge in [-0.15, -0.1) is 0 Å². The molecule has 1 saturated heterocycles.